The number of amides is 1. The normalized spacial score (nSPS) is 18.1. The summed E-state index contributed by atoms with van der Waals surface area (Å²) < 4.78 is 25.8. The lowest BCUT2D eigenvalue weighted by Gasteiger charge is -2.32. The van der Waals surface area contributed by atoms with Crippen LogP contribution in [0.1, 0.15) is 34.1 Å². The van der Waals surface area contributed by atoms with Gasteiger partial charge in [0.25, 0.3) is 15.9 Å². The number of piperidine rings is 1. The number of hydroxylamine groups is 1. The van der Waals surface area contributed by atoms with Gasteiger partial charge in [0.1, 0.15) is 4.90 Å². The van der Waals surface area contributed by atoms with Crippen molar-refractivity contribution in [2.24, 2.45) is 0 Å². The van der Waals surface area contributed by atoms with Crippen LogP contribution in [0, 0.1) is 0 Å². The van der Waals surface area contributed by atoms with Gasteiger partial charge in [0.2, 0.25) is 0 Å². The van der Waals surface area contributed by atoms with Crippen LogP contribution in [0.15, 0.2) is 34.7 Å². The zero-order valence-corrected chi connectivity index (χ0v) is 17.4. The second-order valence-electron chi connectivity index (χ2n) is 6.20. The summed E-state index contributed by atoms with van der Waals surface area (Å²) in [7, 11) is -1.44. The highest BCUT2D eigenvalue weighted by atomic mass is 35.5. The molecule has 0 spiro atoms. The minimum absolute atomic E-state index is 0.0368. The number of aromatic nitrogens is 1. The van der Waals surface area contributed by atoms with Crippen molar-refractivity contribution >= 4 is 38.9 Å². The lowest BCUT2D eigenvalue weighted by Crippen LogP contribution is -2.39. The summed E-state index contributed by atoms with van der Waals surface area (Å²) in [4.78, 5) is 23.7. The number of carbonyl (C=O) groups is 1. The SMILES string of the molecule is CON(C)S(=O)(=O)c1cc(C(=O)N2CCCC(c3nccs3)C2)ccc1Cl. The van der Waals surface area contributed by atoms with Crippen molar-refractivity contribution < 1.29 is 18.0 Å². The number of benzene rings is 1. The van der Waals surface area contributed by atoms with E-state index >= 15 is 0 Å². The summed E-state index contributed by atoms with van der Waals surface area (Å²) in [6, 6.07) is 4.28. The maximum atomic E-state index is 13.0. The topological polar surface area (TPSA) is 79.8 Å². The van der Waals surface area contributed by atoms with Crippen molar-refractivity contribution in [2.75, 3.05) is 27.2 Å². The fraction of sp³-hybridized carbons (Fsp3) is 0.412. The average Bonchev–Trinajstić information content (AvgIpc) is 3.22. The molecule has 2 aromatic rings. The molecule has 1 unspecified atom stereocenters. The van der Waals surface area contributed by atoms with Gasteiger partial charge in [-0.3, -0.25) is 9.63 Å². The van der Waals surface area contributed by atoms with Crippen LogP contribution >= 0.6 is 22.9 Å². The number of rotatable bonds is 5. The number of nitrogens with zero attached hydrogens (tertiary/aromatic N) is 3. The molecule has 10 heteroatoms. The minimum Gasteiger partial charge on any atom is -0.338 e. The largest absolute Gasteiger partial charge is 0.338 e. The van der Waals surface area contributed by atoms with Crippen LogP contribution in [0.2, 0.25) is 5.02 Å². The van der Waals surface area contributed by atoms with E-state index in [-0.39, 0.29) is 27.3 Å². The third kappa shape index (κ3) is 4.17. The van der Waals surface area contributed by atoms with Crippen molar-refractivity contribution in [1.82, 2.24) is 14.4 Å². The van der Waals surface area contributed by atoms with Crippen molar-refractivity contribution in [3.8, 4) is 0 Å². The van der Waals surface area contributed by atoms with E-state index in [2.05, 4.69) is 4.98 Å². The Labute approximate surface area is 167 Å². The van der Waals surface area contributed by atoms with Crippen LogP contribution < -0.4 is 0 Å². The smallest absolute Gasteiger partial charge is 0.266 e. The highest BCUT2D eigenvalue weighted by Crippen LogP contribution is 2.30. The Bertz CT molecular complexity index is 918. The number of sulfonamides is 1. The Balaban J connectivity index is 1.86. The van der Waals surface area contributed by atoms with Gasteiger partial charge in [0.05, 0.1) is 17.1 Å². The summed E-state index contributed by atoms with van der Waals surface area (Å²) >= 11 is 7.66. The molecule has 3 rings (SSSR count). The van der Waals surface area contributed by atoms with Gasteiger partial charge in [-0.15, -0.1) is 11.3 Å². The van der Waals surface area contributed by atoms with Crippen LogP contribution in [0.25, 0.3) is 0 Å². The maximum Gasteiger partial charge on any atom is 0.266 e. The molecular weight excluding hydrogens is 410 g/mol. The van der Waals surface area contributed by atoms with Crippen LogP contribution in [0.4, 0.5) is 0 Å². The Morgan fingerprint density at radius 1 is 1.44 bits per heavy atom. The molecule has 1 saturated heterocycles. The number of hydrogen-bond acceptors (Lipinski definition) is 6. The number of halogens is 1. The van der Waals surface area contributed by atoms with E-state index in [4.69, 9.17) is 16.4 Å². The molecule has 1 atom stereocenters. The minimum atomic E-state index is -3.95. The van der Waals surface area contributed by atoms with E-state index in [1.165, 1.54) is 26.3 Å². The highest BCUT2D eigenvalue weighted by molar-refractivity contribution is 7.89. The molecule has 27 heavy (non-hydrogen) atoms. The first kappa shape index (κ1) is 20.2. The van der Waals surface area contributed by atoms with E-state index in [1.54, 1.807) is 28.5 Å². The molecule has 0 aliphatic carbocycles. The van der Waals surface area contributed by atoms with Crippen LogP contribution in [-0.4, -0.2) is 55.9 Å². The molecule has 0 saturated carbocycles. The first-order chi connectivity index (χ1) is 12.8. The fourth-order valence-electron chi connectivity index (χ4n) is 3.05. The van der Waals surface area contributed by atoms with Crippen LogP contribution in [0.5, 0.6) is 0 Å². The zero-order valence-electron chi connectivity index (χ0n) is 15.0. The number of carbonyl (C=O) groups excluding carboxylic acids is 1. The molecule has 1 amide bonds. The molecule has 1 aromatic carbocycles. The molecule has 2 heterocycles. The molecule has 1 fully saturated rings. The Morgan fingerprint density at radius 3 is 2.89 bits per heavy atom. The van der Waals surface area contributed by atoms with E-state index in [9.17, 15) is 13.2 Å². The average molecular weight is 430 g/mol. The summed E-state index contributed by atoms with van der Waals surface area (Å²) in [6.45, 7) is 1.19. The van der Waals surface area contributed by atoms with E-state index in [0.29, 0.717) is 17.6 Å². The van der Waals surface area contributed by atoms with Gasteiger partial charge in [-0.25, -0.2) is 13.4 Å². The lowest BCUT2D eigenvalue weighted by molar-refractivity contribution is -0.0258. The van der Waals surface area contributed by atoms with Gasteiger partial charge in [-0.1, -0.05) is 16.1 Å². The van der Waals surface area contributed by atoms with Crippen LogP contribution in [-0.2, 0) is 14.9 Å². The molecule has 0 N–H and O–H groups in total. The molecule has 1 aromatic heterocycles. The van der Waals surface area contributed by atoms with Crippen molar-refractivity contribution in [3.63, 3.8) is 0 Å². The summed E-state index contributed by atoms with van der Waals surface area (Å²) in [5, 5.41) is 2.99. The third-order valence-corrected chi connectivity index (χ3v) is 7.66. The molecule has 1 aliphatic heterocycles. The zero-order chi connectivity index (χ0) is 19.6. The number of hydrogen-bond donors (Lipinski definition) is 0. The fourth-order valence-corrected chi connectivity index (χ4v) is 5.29. The Hall–Kier alpha value is -1.52. The number of likely N-dealkylation sites (tertiary alicyclic amines) is 1. The third-order valence-electron chi connectivity index (χ3n) is 4.56. The second kappa shape index (κ2) is 8.24. The quantitative estimate of drug-likeness (QED) is 0.682. The summed E-state index contributed by atoms with van der Waals surface area (Å²) in [5.41, 5.74) is 0.280. The van der Waals surface area contributed by atoms with Crippen molar-refractivity contribution in [2.45, 2.75) is 23.7 Å². The van der Waals surface area contributed by atoms with Gasteiger partial charge >= 0.3 is 0 Å². The molecule has 0 radical (unpaired) electrons. The van der Waals surface area contributed by atoms with Crippen LogP contribution in [0.3, 0.4) is 0 Å². The van der Waals surface area contributed by atoms with Gasteiger partial charge in [-0.05, 0) is 31.0 Å². The maximum absolute atomic E-state index is 13.0. The molecule has 1 aliphatic rings. The number of thiazole rings is 1. The van der Waals surface area contributed by atoms with Crippen molar-refractivity contribution in [1.29, 1.82) is 0 Å². The Morgan fingerprint density at radius 2 is 2.22 bits per heavy atom. The standard InChI is InChI=1S/C17H20ClN3O4S2/c1-20(25-2)27(23,24)15-10-12(5-6-14(15)18)17(22)21-8-3-4-13(11-21)16-19-7-9-26-16/h5-7,9-10,13H,3-4,8,11H2,1-2H3. The van der Waals surface area contributed by atoms with E-state index in [0.717, 1.165) is 17.8 Å². The highest BCUT2D eigenvalue weighted by Gasteiger charge is 2.29. The first-order valence-electron chi connectivity index (χ1n) is 8.36. The molecule has 0 bridgehead atoms. The van der Waals surface area contributed by atoms with E-state index in [1.807, 2.05) is 5.38 Å². The van der Waals surface area contributed by atoms with Gasteiger partial charge in [0, 0.05) is 43.2 Å². The second-order valence-corrected chi connectivity index (χ2v) is 9.44. The van der Waals surface area contributed by atoms with Gasteiger partial charge < -0.3 is 4.90 Å². The molecule has 146 valence electrons. The Kier molecular flexibility index (Phi) is 6.17. The summed E-state index contributed by atoms with van der Waals surface area (Å²) in [6.07, 6.45) is 3.63. The van der Waals surface area contributed by atoms with E-state index < -0.39 is 10.0 Å². The lowest BCUT2D eigenvalue weighted by atomic mass is 9.98. The first-order valence-corrected chi connectivity index (χ1v) is 11.1. The molecular formula is C17H20ClN3O4S2. The predicted molar refractivity (Wildman–Crippen MR) is 103 cm³/mol. The van der Waals surface area contributed by atoms with Crippen molar-refractivity contribution in [3.05, 3.63) is 45.4 Å². The van der Waals surface area contributed by atoms with Gasteiger partial charge in [-0.2, -0.15) is 0 Å². The van der Waals surface area contributed by atoms with Gasteiger partial charge in [0.15, 0.2) is 0 Å². The monoisotopic (exact) mass is 429 g/mol. The predicted octanol–water partition coefficient (Wildman–Crippen LogP) is 3.00. The summed E-state index contributed by atoms with van der Waals surface area (Å²) in [5.74, 6) is -0.0118. The molecule has 7 nitrogen and oxygen atoms in total.